The first-order chi connectivity index (χ1) is 15.2. The SMILES string of the molecule is CN=C(NCCCOCc1ccco1)NCc1cccc(OCCN(C)CCOC)c1. The summed E-state index contributed by atoms with van der Waals surface area (Å²) in [6, 6.07) is 11.9. The first-order valence-corrected chi connectivity index (χ1v) is 10.6. The number of hydrogen-bond acceptors (Lipinski definition) is 6. The van der Waals surface area contributed by atoms with Gasteiger partial charge in [-0.2, -0.15) is 0 Å². The second kappa shape index (κ2) is 15.3. The molecule has 0 saturated carbocycles. The van der Waals surface area contributed by atoms with Crippen LogP contribution in [0.1, 0.15) is 17.7 Å². The van der Waals surface area contributed by atoms with Crippen molar-refractivity contribution in [3.8, 4) is 5.75 Å². The summed E-state index contributed by atoms with van der Waals surface area (Å²) in [4.78, 5) is 6.46. The zero-order chi connectivity index (χ0) is 22.2. The maximum atomic E-state index is 5.88. The van der Waals surface area contributed by atoms with Gasteiger partial charge in [0.2, 0.25) is 0 Å². The van der Waals surface area contributed by atoms with Crippen LogP contribution in [0.4, 0.5) is 0 Å². The third-order valence-corrected chi connectivity index (χ3v) is 4.58. The van der Waals surface area contributed by atoms with Crippen LogP contribution in [0.2, 0.25) is 0 Å². The normalized spacial score (nSPS) is 11.7. The Morgan fingerprint density at radius 2 is 1.97 bits per heavy atom. The van der Waals surface area contributed by atoms with Crippen molar-refractivity contribution in [3.05, 3.63) is 54.0 Å². The number of likely N-dealkylation sites (N-methyl/N-ethyl adjacent to an activating group) is 1. The van der Waals surface area contributed by atoms with Gasteiger partial charge in [-0.15, -0.1) is 0 Å². The molecule has 0 atom stereocenters. The molecule has 8 nitrogen and oxygen atoms in total. The van der Waals surface area contributed by atoms with E-state index in [0.717, 1.165) is 55.7 Å². The van der Waals surface area contributed by atoms with Crippen LogP contribution in [-0.4, -0.2) is 71.5 Å². The van der Waals surface area contributed by atoms with Gasteiger partial charge in [-0.1, -0.05) is 12.1 Å². The van der Waals surface area contributed by atoms with Crippen LogP contribution in [0.3, 0.4) is 0 Å². The first-order valence-electron chi connectivity index (χ1n) is 10.6. The average Bonchev–Trinajstić information content (AvgIpc) is 3.30. The molecule has 0 spiro atoms. The van der Waals surface area contributed by atoms with E-state index in [9.17, 15) is 0 Å². The lowest BCUT2D eigenvalue weighted by Gasteiger charge is -2.16. The third kappa shape index (κ3) is 10.9. The van der Waals surface area contributed by atoms with Gasteiger partial charge in [-0.25, -0.2) is 0 Å². The van der Waals surface area contributed by atoms with Crippen molar-refractivity contribution in [1.29, 1.82) is 0 Å². The minimum atomic E-state index is 0.502. The van der Waals surface area contributed by atoms with Crippen molar-refractivity contribution in [2.75, 3.05) is 60.7 Å². The zero-order valence-electron chi connectivity index (χ0n) is 18.9. The van der Waals surface area contributed by atoms with E-state index in [2.05, 4.69) is 39.7 Å². The molecule has 1 aromatic carbocycles. The molecule has 0 amide bonds. The van der Waals surface area contributed by atoms with E-state index in [0.29, 0.717) is 26.4 Å². The molecule has 0 radical (unpaired) electrons. The van der Waals surface area contributed by atoms with Gasteiger partial charge in [0.25, 0.3) is 0 Å². The minimum Gasteiger partial charge on any atom is -0.492 e. The van der Waals surface area contributed by atoms with Crippen LogP contribution in [0.25, 0.3) is 0 Å². The molecule has 31 heavy (non-hydrogen) atoms. The molecule has 0 unspecified atom stereocenters. The molecule has 1 heterocycles. The summed E-state index contributed by atoms with van der Waals surface area (Å²) in [6.07, 6.45) is 2.53. The molecule has 0 saturated heterocycles. The van der Waals surface area contributed by atoms with Crippen molar-refractivity contribution in [3.63, 3.8) is 0 Å². The quantitative estimate of drug-likeness (QED) is 0.254. The lowest BCUT2D eigenvalue weighted by Crippen LogP contribution is -2.37. The fraction of sp³-hybridized carbons (Fsp3) is 0.522. The van der Waals surface area contributed by atoms with Gasteiger partial charge in [0.15, 0.2) is 5.96 Å². The van der Waals surface area contributed by atoms with Crippen molar-refractivity contribution in [2.45, 2.75) is 19.6 Å². The predicted octanol–water partition coefficient (Wildman–Crippen LogP) is 2.51. The number of rotatable bonds is 15. The maximum Gasteiger partial charge on any atom is 0.191 e. The summed E-state index contributed by atoms with van der Waals surface area (Å²) in [6.45, 7) is 5.72. The molecular formula is C23H36N4O4. The van der Waals surface area contributed by atoms with Gasteiger partial charge in [0, 0.05) is 46.9 Å². The molecule has 8 heteroatoms. The maximum absolute atomic E-state index is 5.88. The first kappa shape index (κ1) is 24.7. The molecule has 2 rings (SSSR count). The van der Waals surface area contributed by atoms with Gasteiger partial charge < -0.3 is 34.2 Å². The molecule has 0 aliphatic carbocycles. The Hall–Kier alpha value is -2.55. The average molecular weight is 433 g/mol. The summed E-state index contributed by atoms with van der Waals surface area (Å²) in [7, 11) is 5.54. The van der Waals surface area contributed by atoms with Crippen molar-refractivity contribution < 1.29 is 18.6 Å². The van der Waals surface area contributed by atoms with Gasteiger partial charge in [-0.3, -0.25) is 4.99 Å². The smallest absolute Gasteiger partial charge is 0.191 e. The van der Waals surface area contributed by atoms with Gasteiger partial charge >= 0.3 is 0 Å². The molecule has 1 aromatic heterocycles. The highest BCUT2D eigenvalue weighted by Gasteiger charge is 2.02. The summed E-state index contributed by atoms with van der Waals surface area (Å²) in [5.41, 5.74) is 1.13. The molecule has 0 aliphatic rings. The number of methoxy groups -OCH3 is 1. The molecule has 2 aromatic rings. The lowest BCUT2D eigenvalue weighted by atomic mass is 10.2. The standard InChI is InChI=1S/C23H36N4O4/c1-24-23(25-10-6-13-29-19-22-9-5-14-30-22)26-18-20-7-4-8-21(17-20)31-16-12-27(2)11-15-28-3/h4-5,7-9,14,17H,6,10-13,15-16,18-19H2,1-3H3,(H2,24,25,26). The minimum absolute atomic E-state index is 0.502. The number of hydrogen-bond donors (Lipinski definition) is 2. The van der Waals surface area contributed by atoms with Crippen molar-refractivity contribution in [2.24, 2.45) is 4.99 Å². The molecule has 2 N–H and O–H groups in total. The lowest BCUT2D eigenvalue weighted by molar-refractivity contribution is 0.105. The monoisotopic (exact) mass is 432 g/mol. The van der Waals surface area contributed by atoms with E-state index >= 15 is 0 Å². The molecule has 0 aliphatic heterocycles. The highest BCUT2D eigenvalue weighted by molar-refractivity contribution is 5.79. The van der Waals surface area contributed by atoms with E-state index in [1.165, 1.54) is 0 Å². The number of guanidine groups is 1. The number of nitrogens with zero attached hydrogens (tertiary/aromatic N) is 2. The van der Waals surface area contributed by atoms with E-state index < -0.39 is 0 Å². The Morgan fingerprint density at radius 1 is 1.10 bits per heavy atom. The molecular weight excluding hydrogens is 396 g/mol. The third-order valence-electron chi connectivity index (χ3n) is 4.58. The topological polar surface area (TPSA) is 80.5 Å². The molecule has 172 valence electrons. The van der Waals surface area contributed by atoms with Crippen LogP contribution >= 0.6 is 0 Å². The Morgan fingerprint density at radius 3 is 2.74 bits per heavy atom. The van der Waals surface area contributed by atoms with Crippen molar-refractivity contribution in [1.82, 2.24) is 15.5 Å². The van der Waals surface area contributed by atoms with Crippen molar-refractivity contribution >= 4 is 5.96 Å². The number of aliphatic imine (C=N–C) groups is 1. The number of benzene rings is 1. The molecule has 0 bridgehead atoms. The Balaban J connectivity index is 1.61. The van der Waals surface area contributed by atoms with Crippen LogP contribution in [0.15, 0.2) is 52.1 Å². The van der Waals surface area contributed by atoms with E-state index in [1.54, 1.807) is 20.4 Å². The Kier molecular flexibility index (Phi) is 12.2. The second-order valence-electron chi connectivity index (χ2n) is 7.13. The fourth-order valence-corrected chi connectivity index (χ4v) is 2.78. The number of nitrogens with one attached hydrogen (secondary N) is 2. The summed E-state index contributed by atoms with van der Waals surface area (Å²) < 4.78 is 21.8. The van der Waals surface area contributed by atoms with Crippen LogP contribution in [0.5, 0.6) is 5.75 Å². The van der Waals surface area contributed by atoms with Gasteiger partial charge in [0.05, 0.1) is 12.9 Å². The van der Waals surface area contributed by atoms with E-state index in [-0.39, 0.29) is 0 Å². The highest BCUT2D eigenvalue weighted by Crippen LogP contribution is 2.13. The van der Waals surface area contributed by atoms with Crippen LogP contribution < -0.4 is 15.4 Å². The van der Waals surface area contributed by atoms with Crippen LogP contribution in [-0.2, 0) is 22.6 Å². The fourth-order valence-electron chi connectivity index (χ4n) is 2.78. The van der Waals surface area contributed by atoms with Gasteiger partial charge in [-0.05, 0) is 43.3 Å². The van der Waals surface area contributed by atoms with E-state index in [4.69, 9.17) is 18.6 Å². The van der Waals surface area contributed by atoms with Gasteiger partial charge in [0.1, 0.15) is 24.7 Å². The van der Waals surface area contributed by atoms with E-state index in [1.807, 2.05) is 24.3 Å². The number of ether oxygens (including phenoxy) is 3. The summed E-state index contributed by atoms with van der Waals surface area (Å²) in [5, 5.41) is 6.63. The highest BCUT2D eigenvalue weighted by atomic mass is 16.5. The molecule has 0 fully saturated rings. The zero-order valence-corrected chi connectivity index (χ0v) is 18.9. The number of furan rings is 1. The summed E-state index contributed by atoms with van der Waals surface area (Å²) in [5.74, 6) is 2.47. The Labute approximate surface area is 185 Å². The Bertz CT molecular complexity index is 737. The van der Waals surface area contributed by atoms with Crippen LogP contribution in [0, 0.1) is 0 Å². The summed E-state index contributed by atoms with van der Waals surface area (Å²) >= 11 is 0. The largest absolute Gasteiger partial charge is 0.492 e. The predicted molar refractivity (Wildman–Crippen MR) is 122 cm³/mol. The second-order valence-corrected chi connectivity index (χ2v) is 7.13.